The Kier molecular flexibility index (Phi) is 8.06. The number of aryl methyl sites for hydroxylation is 2. The Hall–Kier alpha value is -2.25. The van der Waals surface area contributed by atoms with Crippen molar-refractivity contribution in [3.8, 4) is 11.1 Å². The maximum absolute atomic E-state index is 11.5. The number of nitrogens with two attached hydrogens (primary N) is 1. The molecule has 0 radical (unpaired) electrons. The van der Waals surface area contributed by atoms with Gasteiger partial charge in [-0.1, -0.05) is 43.7 Å². The van der Waals surface area contributed by atoms with Crippen molar-refractivity contribution in [3.05, 3.63) is 64.1 Å². The maximum atomic E-state index is 11.5. The maximum Gasteiger partial charge on any atom is 0.225 e. The van der Waals surface area contributed by atoms with E-state index in [0.717, 1.165) is 45.6 Å². The molecule has 0 fully saturated rings. The van der Waals surface area contributed by atoms with E-state index in [1.165, 1.54) is 5.56 Å². The van der Waals surface area contributed by atoms with Crippen molar-refractivity contribution in [2.24, 2.45) is 11.7 Å². The molecule has 6 nitrogen and oxygen atoms in total. The Morgan fingerprint density at radius 3 is 2.53 bits per heavy atom. The fourth-order valence-corrected chi connectivity index (χ4v) is 4.25. The van der Waals surface area contributed by atoms with Gasteiger partial charge in [-0.05, 0) is 54.5 Å². The van der Waals surface area contributed by atoms with Gasteiger partial charge in [-0.25, -0.2) is 5.43 Å². The van der Waals surface area contributed by atoms with Crippen LogP contribution < -0.4 is 11.2 Å². The van der Waals surface area contributed by atoms with Gasteiger partial charge in [0.25, 0.3) is 0 Å². The lowest BCUT2D eigenvalue weighted by Gasteiger charge is -2.23. The molecule has 172 valence electrons. The molecule has 1 aromatic carbocycles. The number of hydrogen-bond acceptors (Lipinski definition) is 6. The first kappa shape index (κ1) is 24.4. The Bertz CT molecular complexity index is 1000. The number of halogens is 1. The van der Waals surface area contributed by atoms with E-state index in [9.17, 15) is 4.79 Å². The molecule has 1 aliphatic rings. The summed E-state index contributed by atoms with van der Waals surface area (Å²) in [6.07, 6.45) is 2.42. The number of hydrogen-bond donors (Lipinski definition) is 2. The number of ether oxygens (including phenoxy) is 1. The number of hydrazine groups is 1. The summed E-state index contributed by atoms with van der Waals surface area (Å²) in [7, 11) is 1.86. The molecule has 1 unspecified atom stereocenters. The van der Waals surface area contributed by atoms with E-state index in [0.29, 0.717) is 19.1 Å². The van der Waals surface area contributed by atoms with E-state index in [-0.39, 0.29) is 6.42 Å². The highest BCUT2D eigenvalue weighted by molar-refractivity contribution is 6.63. The van der Waals surface area contributed by atoms with Crippen LogP contribution in [0.4, 0.5) is 0 Å². The first-order valence-corrected chi connectivity index (χ1v) is 11.3. The highest BCUT2D eigenvalue weighted by Crippen LogP contribution is 2.33. The van der Waals surface area contributed by atoms with Gasteiger partial charge in [-0.15, -0.1) is 0 Å². The summed E-state index contributed by atoms with van der Waals surface area (Å²) >= 11 is 5.62. The molecular weight excluding hydrogens is 424 g/mol. The third-order valence-corrected chi connectivity index (χ3v) is 5.73. The van der Waals surface area contributed by atoms with Gasteiger partial charge in [0, 0.05) is 48.7 Å². The molecule has 0 amide bonds. The molecular formula is C25H33ClN4O2. The van der Waals surface area contributed by atoms with Crippen LogP contribution in [0, 0.1) is 19.8 Å². The van der Waals surface area contributed by atoms with Crippen LogP contribution in [0.1, 0.15) is 48.3 Å². The molecule has 2 heterocycles. The van der Waals surface area contributed by atoms with Crippen LogP contribution in [0.2, 0.25) is 0 Å². The second-order valence-corrected chi connectivity index (χ2v) is 9.23. The molecule has 1 atom stereocenters. The summed E-state index contributed by atoms with van der Waals surface area (Å²) in [5.74, 6) is 0.471. The van der Waals surface area contributed by atoms with E-state index in [2.05, 4.69) is 50.5 Å². The molecule has 3 N–H and O–H groups in total. The largest absolute Gasteiger partial charge is 0.353 e. The van der Waals surface area contributed by atoms with Gasteiger partial charge in [0.2, 0.25) is 5.24 Å². The van der Waals surface area contributed by atoms with E-state index < -0.39 is 11.5 Å². The number of carbonyl (C=O) groups excluding carboxylic acids is 1. The van der Waals surface area contributed by atoms with Crippen LogP contribution in [0.15, 0.2) is 36.0 Å². The molecule has 2 aromatic rings. The van der Waals surface area contributed by atoms with Crippen molar-refractivity contribution in [2.45, 2.75) is 59.9 Å². The highest BCUT2D eigenvalue weighted by Gasteiger charge is 2.26. The monoisotopic (exact) mass is 456 g/mol. The quantitative estimate of drug-likeness (QED) is 0.546. The molecule has 0 spiro atoms. The fraction of sp³-hybridized carbons (Fsp3) is 0.440. The highest BCUT2D eigenvalue weighted by atomic mass is 35.5. The van der Waals surface area contributed by atoms with Crippen LogP contribution in [-0.2, 0) is 29.1 Å². The first-order valence-electron chi connectivity index (χ1n) is 11.0. The Balaban J connectivity index is 2.01. The number of benzene rings is 1. The fourth-order valence-electron chi connectivity index (χ4n) is 4.10. The van der Waals surface area contributed by atoms with Crippen molar-refractivity contribution in [3.63, 3.8) is 0 Å². The molecule has 1 aromatic heterocycles. The Morgan fingerprint density at radius 2 is 1.94 bits per heavy atom. The van der Waals surface area contributed by atoms with Crippen LogP contribution in [0.3, 0.4) is 0 Å². The number of nitrogens with one attached hydrogen (secondary N) is 1. The van der Waals surface area contributed by atoms with Gasteiger partial charge in [0.15, 0.2) is 0 Å². The number of rotatable bonds is 9. The van der Waals surface area contributed by atoms with Crippen LogP contribution in [0.25, 0.3) is 11.1 Å². The van der Waals surface area contributed by atoms with Crippen molar-refractivity contribution in [1.82, 2.24) is 15.4 Å². The molecule has 7 heteroatoms. The van der Waals surface area contributed by atoms with Crippen molar-refractivity contribution < 1.29 is 9.53 Å². The second kappa shape index (κ2) is 10.6. The van der Waals surface area contributed by atoms with Gasteiger partial charge in [0.1, 0.15) is 6.23 Å². The first-order chi connectivity index (χ1) is 15.2. The Morgan fingerprint density at radius 1 is 1.25 bits per heavy atom. The zero-order chi connectivity index (χ0) is 23.4. The summed E-state index contributed by atoms with van der Waals surface area (Å²) in [6, 6.07) is 8.48. The minimum atomic E-state index is -0.426. The third-order valence-electron chi connectivity index (χ3n) is 5.59. The number of pyridine rings is 1. The summed E-state index contributed by atoms with van der Waals surface area (Å²) in [4.78, 5) is 16.4. The summed E-state index contributed by atoms with van der Waals surface area (Å²) in [5.41, 5.74) is 17.7. The van der Waals surface area contributed by atoms with Gasteiger partial charge >= 0.3 is 0 Å². The van der Waals surface area contributed by atoms with E-state index in [1.54, 1.807) is 5.01 Å². The van der Waals surface area contributed by atoms with E-state index >= 15 is 0 Å². The zero-order valence-electron chi connectivity index (χ0n) is 19.5. The van der Waals surface area contributed by atoms with Gasteiger partial charge in [-0.3, -0.25) is 9.78 Å². The molecule has 0 aliphatic carbocycles. The van der Waals surface area contributed by atoms with Crippen LogP contribution in [0.5, 0.6) is 0 Å². The minimum Gasteiger partial charge on any atom is -0.353 e. The predicted molar refractivity (Wildman–Crippen MR) is 129 cm³/mol. The number of aromatic nitrogens is 1. The predicted octanol–water partition coefficient (Wildman–Crippen LogP) is 4.35. The normalized spacial score (nSPS) is 16.1. The van der Waals surface area contributed by atoms with Crippen molar-refractivity contribution in [2.75, 3.05) is 7.05 Å². The Labute approximate surface area is 195 Å². The van der Waals surface area contributed by atoms with E-state index in [4.69, 9.17) is 27.1 Å². The summed E-state index contributed by atoms with van der Waals surface area (Å²) < 4.78 is 6.25. The van der Waals surface area contributed by atoms with Gasteiger partial charge < -0.3 is 15.5 Å². The SMILES string of the molecule is Cc1ccc(-c2c(COC3NN(C)C=C3CC(=O)Cl)c(C)nc(CC(C)C)c2CN)cc1. The van der Waals surface area contributed by atoms with Crippen molar-refractivity contribution in [1.29, 1.82) is 0 Å². The third kappa shape index (κ3) is 5.75. The average molecular weight is 457 g/mol. The lowest BCUT2D eigenvalue weighted by molar-refractivity contribution is -0.111. The lowest BCUT2D eigenvalue weighted by Crippen LogP contribution is -2.35. The lowest BCUT2D eigenvalue weighted by atomic mass is 9.90. The zero-order valence-corrected chi connectivity index (χ0v) is 20.3. The van der Waals surface area contributed by atoms with E-state index in [1.807, 2.05) is 20.2 Å². The molecule has 0 bridgehead atoms. The second-order valence-electron chi connectivity index (χ2n) is 8.81. The standard InChI is InChI=1S/C25H33ClN4O2/c1-15(2)10-22-20(12-27)24(18-8-6-16(3)7-9-18)21(17(4)28-22)14-32-25-19(11-23(26)31)13-30(5)29-25/h6-9,13,15,25,29H,10-12,14,27H2,1-5H3. The summed E-state index contributed by atoms with van der Waals surface area (Å²) in [5, 5.41) is 1.37. The molecule has 0 saturated heterocycles. The molecule has 0 saturated carbocycles. The average Bonchev–Trinajstić information content (AvgIpc) is 3.05. The van der Waals surface area contributed by atoms with Crippen molar-refractivity contribution >= 4 is 16.8 Å². The van der Waals surface area contributed by atoms with Gasteiger partial charge in [0.05, 0.1) is 6.61 Å². The molecule has 1 aliphatic heterocycles. The molecule has 3 rings (SSSR count). The van der Waals surface area contributed by atoms with Gasteiger partial charge in [-0.2, -0.15) is 0 Å². The van der Waals surface area contributed by atoms with Crippen LogP contribution >= 0.6 is 11.6 Å². The molecule has 32 heavy (non-hydrogen) atoms. The minimum absolute atomic E-state index is 0.132. The number of nitrogens with zero attached hydrogens (tertiary/aromatic N) is 2. The topological polar surface area (TPSA) is 80.5 Å². The summed E-state index contributed by atoms with van der Waals surface area (Å²) in [6.45, 7) is 9.21. The number of carbonyl (C=O) groups is 1. The van der Waals surface area contributed by atoms with Crippen LogP contribution in [-0.4, -0.2) is 28.5 Å². The smallest absolute Gasteiger partial charge is 0.225 e.